The van der Waals surface area contributed by atoms with E-state index in [-0.39, 0.29) is 5.54 Å². The van der Waals surface area contributed by atoms with Crippen LogP contribution in [0.15, 0.2) is 24.3 Å². The van der Waals surface area contributed by atoms with Crippen LogP contribution < -0.4 is 5.11 Å². The van der Waals surface area contributed by atoms with E-state index in [1.165, 1.54) is 19.4 Å². The summed E-state index contributed by atoms with van der Waals surface area (Å²) in [5.74, 6) is -0.762. The van der Waals surface area contributed by atoms with Gasteiger partial charge in [0.15, 0.2) is 0 Å². The lowest BCUT2D eigenvalue weighted by Crippen LogP contribution is -2.67. The van der Waals surface area contributed by atoms with Crippen molar-refractivity contribution in [3.8, 4) is 0 Å². The maximum atomic E-state index is 11.5. The molecule has 3 nitrogen and oxygen atoms in total. The molecule has 1 aromatic carbocycles. The van der Waals surface area contributed by atoms with Gasteiger partial charge in [-0.3, -0.25) is 0 Å². The van der Waals surface area contributed by atoms with E-state index in [0.717, 1.165) is 22.9 Å². The van der Waals surface area contributed by atoms with Gasteiger partial charge in [0.25, 0.3) is 0 Å². The van der Waals surface area contributed by atoms with Crippen molar-refractivity contribution in [3.63, 3.8) is 0 Å². The quantitative estimate of drug-likeness (QED) is 0.781. The zero-order valence-electron chi connectivity index (χ0n) is 15.3. The number of quaternary nitrogens is 1. The lowest BCUT2D eigenvalue weighted by Gasteiger charge is -2.57. The first-order valence-electron chi connectivity index (χ1n) is 8.88. The van der Waals surface area contributed by atoms with Crippen LogP contribution in [-0.4, -0.2) is 35.6 Å². The molecule has 3 unspecified atom stereocenters. The van der Waals surface area contributed by atoms with Crippen molar-refractivity contribution in [2.45, 2.75) is 70.9 Å². The molecular weight excluding hydrogens is 286 g/mol. The van der Waals surface area contributed by atoms with Crippen molar-refractivity contribution >= 4 is 5.97 Å². The molecule has 0 amide bonds. The normalized spacial score (nSPS) is 30.1. The Morgan fingerprint density at radius 2 is 2.00 bits per heavy atom. The molecule has 0 spiro atoms. The number of aromatic carboxylic acids is 1. The largest absolute Gasteiger partial charge is 0.545 e. The summed E-state index contributed by atoms with van der Waals surface area (Å²) in [5.41, 5.74) is 1.45. The topological polar surface area (TPSA) is 40.1 Å². The second-order valence-corrected chi connectivity index (χ2v) is 8.02. The number of hydrogen-bond donors (Lipinski definition) is 0. The minimum absolute atomic E-state index is 0.135. The van der Waals surface area contributed by atoms with Crippen LogP contribution in [0, 0.1) is 0 Å². The molecule has 0 aliphatic carbocycles. The monoisotopic (exact) mass is 317 g/mol. The fourth-order valence-corrected chi connectivity index (χ4v) is 4.42. The minimum atomic E-state index is -1.06. The van der Waals surface area contributed by atoms with Gasteiger partial charge < -0.3 is 14.4 Å². The maximum Gasteiger partial charge on any atom is 0.0941 e. The van der Waals surface area contributed by atoms with E-state index in [1.807, 2.05) is 12.1 Å². The molecule has 1 aromatic rings. The Morgan fingerprint density at radius 3 is 2.57 bits per heavy atom. The Bertz CT molecular complexity index is 567. The van der Waals surface area contributed by atoms with Crippen LogP contribution in [0.25, 0.3) is 0 Å². The average molecular weight is 317 g/mol. The van der Waals surface area contributed by atoms with E-state index >= 15 is 0 Å². The predicted molar refractivity (Wildman–Crippen MR) is 92.2 cm³/mol. The number of hydrogen-bond acceptors (Lipinski definition) is 2. The second kappa shape index (κ2) is 6.64. The molecule has 0 bridgehead atoms. The van der Waals surface area contributed by atoms with Crippen molar-refractivity contribution in [3.05, 3.63) is 35.4 Å². The van der Waals surface area contributed by atoms with E-state index < -0.39 is 5.97 Å². The molecule has 3 heteroatoms. The molecule has 1 saturated heterocycles. The molecule has 3 atom stereocenters. The van der Waals surface area contributed by atoms with Crippen LogP contribution in [0.2, 0.25) is 0 Å². The van der Waals surface area contributed by atoms with Gasteiger partial charge in [0.05, 0.1) is 31.1 Å². The number of rotatable bonds is 5. The SMILES string of the molecule is CCCC[N+]1(C)C(C)CC(c2ccccc2C(=O)[O-])CC1(C)C. The number of carboxylic acids is 1. The Morgan fingerprint density at radius 1 is 1.35 bits per heavy atom. The highest BCUT2D eigenvalue weighted by Gasteiger charge is 2.49. The molecule has 1 fully saturated rings. The van der Waals surface area contributed by atoms with Crippen LogP contribution in [0.3, 0.4) is 0 Å². The average Bonchev–Trinajstić information content (AvgIpc) is 2.50. The van der Waals surface area contributed by atoms with E-state index in [2.05, 4.69) is 34.7 Å². The summed E-state index contributed by atoms with van der Waals surface area (Å²) in [6.07, 6.45) is 4.51. The third-order valence-corrected chi connectivity index (χ3v) is 6.32. The standard InChI is InChI=1S/C20H31NO2/c1-6-7-12-21(5)15(2)13-16(14-20(21,3)4)17-10-8-9-11-18(17)19(22)23/h8-11,15-16H,6-7,12-14H2,1-5H3. The highest BCUT2D eigenvalue weighted by atomic mass is 16.4. The summed E-state index contributed by atoms with van der Waals surface area (Å²) in [4.78, 5) is 11.5. The Hall–Kier alpha value is -1.35. The van der Waals surface area contributed by atoms with Gasteiger partial charge >= 0.3 is 0 Å². The summed E-state index contributed by atoms with van der Waals surface area (Å²) >= 11 is 0. The number of carbonyl (C=O) groups is 1. The molecule has 1 aliphatic rings. The molecule has 0 saturated carbocycles. The van der Waals surface area contributed by atoms with E-state index in [1.54, 1.807) is 12.1 Å². The Balaban J connectivity index is 2.33. The van der Waals surface area contributed by atoms with Crippen molar-refractivity contribution in [1.82, 2.24) is 0 Å². The van der Waals surface area contributed by atoms with Crippen LogP contribution in [0.4, 0.5) is 0 Å². The van der Waals surface area contributed by atoms with Crippen molar-refractivity contribution < 1.29 is 14.4 Å². The number of nitrogens with zero attached hydrogens (tertiary/aromatic N) is 1. The summed E-state index contributed by atoms with van der Waals surface area (Å²) in [6.45, 7) is 10.4. The smallest absolute Gasteiger partial charge is 0.0941 e. The fraction of sp³-hybridized carbons (Fsp3) is 0.650. The molecule has 1 aliphatic heterocycles. The van der Waals surface area contributed by atoms with Crippen molar-refractivity contribution in [1.29, 1.82) is 0 Å². The first kappa shape index (κ1) is 18.0. The predicted octanol–water partition coefficient (Wildman–Crippen LogP) is 3.34. The van der Waals surface area contributed by atoms with Gasteiger partial charge in [-0.25, -0.2) is 0 Å². The lowest BCUT2D eigenvalue weighted by molar-refractivity contribution is -0.981. The van der Waals surface area contributed by atoms with Gasteiger partial charge in [-0.05, 0) is 38.7 Å². The molecule has 1 heterocycles. The summed E-state index contributed by atoms with van der Waals surface area (Å²) < 4.78 is 1.07. The number of carboxylic acid groups (broad SMARTS) is 1. The Kier molecular flexibility index (Phi) is 5.20. The molecular formula is C20H31NO2. The molecule has 23 heavy (non-hydrogen) atoms. The third-order valence-electron chi connectivity index (χ3n) is 6.32. The first-order valence-corrected chi connectivity index (χ1v) is 8.88. The molecule has 0 radical (unpaired) electrons. The van der Waals surface area contributed by atoms with Crippen LogP contribution >= 0.6 is 0 Å². The Labute approximate surface area is 140 Å². The number of unbranched alkanes of at least 4 members (excludes halogenated alkanes) is 1. The first-order chi connectivity index (χ1) is 10.7. The fourth-order valence-electron chi connectivity index (χ4n) is 4.42. The van der Waals surface area contributed by atoms with Crippen LogP contribution in [0.1, 0.15) is 75.2 Å². The van der Waals surface area contributed by atoms with Gasteiger partial charge in [0.1, 0.15) is 0 Å². The number of likely N-dealkylation sites (tertiary alicyclic amines) is 1. The maximum absolute atomic E-state index is 11.5. The van der Waals surface area contributed by atoms with E-state index in [9.17, 15) is 9.90 Å². The molecule has 128 valence electrons. The van der Waals surface area contributed by atoms with Gasteiger partial charge in [0, 0.05) is 18.4 Å². The molecule has 0 N–H and O–H groups in total. The molecule has 2 rings (SSSR count). The van der Waals surface area contributed by atoms with Gasteiger partial charge in [0.2, 0.25) is 0 Å². The van der Waals surface area contributed by atoms with Crippen molar-refractivity contribution in [2.24, 2.45) is 0 Å². The summed E-state index contributed by atoms with van der Waals surface area (Å²) in [7, 11) is 2.38. The number of piperidine rings is 1. The summed E-state index contributed by atoms with van der Waals surface area (Å²) in [6, 6.07) is 7.90. The van der Waals surface area contributed by atoms with Gasteiger partial charge in [-0.1, -0.05) is 37.6 Å². The van der Waals surface area contributed by atoms with Gasteiger partial charge in [-0.2, -0.15) is 0 Å². The van der Waals surface area contributed by atoms with Gasteiger partial charge in [-0.15, -0.1) is 0 Å². The van der Waals surface area contributed by atoms with Crippen LogP contribution in [0.5, 0.6) is 0 Å². The minimum Gasteiger partial charge on any atom is -0.545 e. The second-order valence-electron chi connectivity index (χ2n) is 8.02. The third kappa shape index (κ3) is 3.30. The zero-order chi connectivity index (χ0) is 17.3. The number of carbonyl (C=O) groups excluding carboxylic acids is 1. The summed E-state index contributed by atoms with van der Waals surface area (Å²) in [5, 5.41) is 11.5. The zero-order valence-corrected chi connectivity index (χ0v) is 15.3. The number of benzene rings is 1. The van der Waals surface area contributed by atoms with Crippen molar-refractivity contribution in [2.75, 3.05) is 13.6 Å². The van der Waals surface area contributed by atoms with Crippen LogP contribution in [-0.2, 0) is 0 Å². The lowest BCUT2D eigenvalue weighted by atomic mass is 9.73. The van der Waals surface area contributed by atoms with E-state index in [0.29, 0.717) is 17.5 Å². The van der Waals surface area contributed by atoms with E-state index in [4.69, 9.17) is 0 Å². The highest BCUT2D eigenvalue weighted by molar-refractivity contribution is 5.87. The molecule has 0 aromatic heterocycles. The highest BCUT2D eigenvalue weighted by Crippen LogP contribution is 2.45.